The highest BCUT2D eigenvalue weighted by molar-refractivity contribution is 14.0. The molecule has 1 unspecified atom stereocenters. The van der Waals surface area contributed by atoms with Gasteiger partial charge in [0.2, 0.25) is 0 Å². The molecule has 0 spiro atoms. The third-order valence-corrected chi connectivity index (χ3v) is 6.50. The number of hydrogen-bond acceptors (Lipinski definition) is 4. The second kappa shape index (κ2) is 12.8. The topological polar surface area (TPSA) is 52.6 Å². The van der Waals surface area contributed by atoms with Crippen LogP contribution in [0.4, 0.5) is 0 Å². The molecule has 2 N–H and O–H groups in total. The second-order valence-corrected chi connectivity index (χ2v) is 9.15. The Hall–Kier alpha value is -0.900. The Kier molecular flexibility index (Phi) is 10.8. The first-order valence-corrected chi connectivity index (χ1v) is 11.7. The smallest absolute Gasteiger partial charge is 0.191 e. The van der Waals surface area contributed by atoms with E-state index in [9.17, 15) is 0 Å². The molecule has 0 amide bonds. The molecule has 2 aromatic rings. The van der Waals surface area contributed by atoms with Gasteiger partial charge in [0.25, 0.3) is 0 Å². The van der Waals surface area contributed by atoms with E-state index in [0.717, 1.165) is 54.3 Å². The lowest BCUT2D eigenvalue weighted by molar-refractivity contribution is 0.179. The molecule has 5 nitrogen and oxygen atoms in total. The van der Waals surface area contributed by atoms with Crippen molar-refractivity contribution in [2.45, 2.75) is 46.2 Å². The first-order chi connectivity index (χ1) is 14.0. The molecule has 0 bridgehead atoms. The Morgan fingerprint density at radius 3 is 2.70 bits per heavy atom. The normalized spacial score (nSPS) is 16.7. The van der Waals surface area contributed by atoms with Gasteiger partial charge in [-0.15, -0.1) is 35.3 Å². The number of piperidine rings is 1. The summed E-state index contributed by atoms with van der Waals surface area (Å²) in [5.41, 5.74) is 2.29. The largest absolute Gasteiger partial charge is 0.357 e. The van der Waals surface area contributed by atoms with E-state index in [0.29, 0.717) is 5.92 Å². The molecular formula is C22H33ClIN5S. The van der Waals surface area contributed by atoms with Crippen LogP contribution >= 0.6 is 46.9 Å². The highest BCUT2D eigenvalue weighted by Crippen LogP contribution is 2.22. The van der Waals surface area contributed by atoms with Crippen molar-refractivity contribution < 1.29 is 0 Å². The average molecular weight is 562 g/mol. The van der Waals surface area contributed by atoms with Gasteiger partial charge in [0.15, 0.2) is 5.96 Å². The van der Waals surface area contributed by atoms with Crippen LogP contribution in [0.5, 0.6) is 0 Å². The molecular weight excluding hydrogens is 529 g/mol. The lowest BCUT2D eigenvalue weighted by atomic mass is 9.97. The van der Waals surface area contributed by atoms with Crippen molar-refractivity contribution in [2.75, 3.05) is 26.2 Å². The fraction of sp³-hybridized carbons (Fsp3) is 0.545. The van der Waals surface area contributed by atoms with E-state index in [1.165, 1.54) is 18.5 Å². The summed E-state index contributed by atoms with van der Waals surface area (Å²) >= 11 is 8.08. The van der Waals surface area contributed by atoms with Crippen molar-refractivity contribution in [3.05, 3.63) is 50.9 Å². The van der Waals surface area contributed by atoms with E-state index in [4.69, 9.17) is 16.6 Å². The number of aliphatic imine (C=N–C) groups is 1. The number of aromatic nitrogens is 1. The predicted molar refractivity (Wildman–Crippen MR) is 139 cm³/mol. The van der Waals surface area contributed by atoms with Crippen LogP contribution in [0.15, 0.2) is 34.6 Å². The van der Waals surface area contributed by atoms with Gasteiger partial charge in [-0.2, -0.15) is 0 Å². The number of guanidine groups is 1. The van der Waals surface area contributed by atoms with Crippen molar-refractivity contribution in [3.8, 4) is 0 Å². The molecule has 3 rings (SSSR count). The van der Waals surface area contributed by atoms with E-state index in [2.05, 4.69) is 52.7 Å². The molecule has 30 heavy (non-hydrogen) atoms. The van der Waals surface area contributed by atoms with Crippen LogP contribution in [0.3, 0.4) is 0 Å². The maximum absolute atomic E-state index is 6.34. The summed E-state index contributed by atoms with van der Waals surface area (Å²) in [7, 11) is 0. The maximum atomic E-state index is 6.34. The molecule has 0 radical (unpaired) electrons. The summed E-state index contributed by atoms with van der Waals surface area (Å²) in [5.74, 6) is 1.50. The van der Waals surface area contributed by atoms with Crippen LogP contribution in [0, 0.1) is 12.8 Å². The van der Waals surface area contributed by atoms with Crippen molar-refractivity contribution in [3.63, 3.8) is 0 Å². The zero-order chi connectivity index (χ0) is 20.6. The number of rotatable bonds is 7. The summed E-state index contributed by atoms with van der Waals surface area (Å²) < 4.78 is 0. The fourth-order valence-electron chi connectivity index (χ4n) is 3.69. The van der Waals surface area contributed by atoms with Crippen LogP contribution in [-0.2, 0) is 6.54 Å². The van der Waals surface area contributed by atoms with Gasteiger partial charge in [-0.05, 0) is 64.3 Å². The number of nitrogens with one attached hydrogen (secondary N) is 2. The van der Waals surface area contributed by atoms with Gasteiger partial charge in [-0.3, -0.25) is 9.89 Å². The van der Waals surface area contributed by atoms with Crippen molar-refractivity contribution >= 4 is 52.9 Å². The lowest BCUT2D eigenvalue weighted by Gasteiger charge is -2.31. The van der Waals surface area contributed by atoms with Crippen LogP contribution in [0.1, 0.15) is 49.0 Å². The summed E-state index contributed by atoms with van der Waals surface area (Å²) in [6, 6.07) is 8.07. The molecule has 2 heterocycles. The molecule has 1 aliphatic rings. The van der Waals surface area contributed by atoms with Crippen molar-refractivity contribution in [1.29, 1.82) is 0 Å². The summed E-state index contributed by atoms with van der Waals surface area (Å²) in [4.78, 5) is 12.0. The molecule has 166 valence electrons. The summed E-state index contributed by atoms with van der Waals surface area (Å²) in [6.45, 7) is 11.2. The van der Waals surface area contributed by atoms with E-state index in [-0.39, 0.29) is 30.0 Å². The zero-order valence-electron chi connectivity index (χ0n) is 18.0. The van der Waals surface area contributed by atoms with E-state index in [1.54, 1.807) is 11.3 Å². The Morgan fingerprint density at radius 2 is 2.07 bits per heavy atom. The molecule has 0 saturated carbocycles. The lowest BCUT2D eigenvalue weighted by Crippen LogP contribution is -2.40. The van der Waals surface area contributed by atoms with Crippen molar-refractivity contribution in [1.82, 2.24) is 20.5 Å². The number of hydrogen-bond donors (Lipinski definition) is 2. The number of halogens is 2. The van der Waals surface area contributed by atoms with E-state index in [1.807, 2.05) is 18.2 Å². The molecule has 1 saturated heterocycles. The molecule has 8 heteroatoms. The average Bonchev–Trinajstić information content (AvgIpc) is 3.12. The van der Waals surface area contributed by atoms with Crippen LogP contribution in [-0.4, -0.2) is 42.0 Å². The monoisotopic (exact) mass is 561 g/mol. The quantitative estimate of drug-likeness (QED) is 0.275. The third kappa shape index (κ3) is 7.66. The Labute approximate surface area is 206 Å². The third-order valence-electron chi connectivity index (χ3n) is 5.34. The second-order valence-electron chi connectivity index (χ2n) is 7.68. The van der Waals surface area contributed by atoms with Gasteiger partial charge in [-0.25, -0.2) is 4.98 Å². The first-order valence-electron chi connectivity index (χ1n) is 10.5. The van der Waals surface area contributed by atoms with Crippen LogP contribution in [0.2, 0.25) is 5.02 Å². The predicted octanol–water partition coefficient (Wildman–Crippen LogP) is 5.25. The number of likely N-dealkylation sites (tertiary alicyclic amines) is 1. The van der Waals surface area contributed by atoms with Gasteiger partial charge in [0.1, 0.15) is 0 Å². The van der Waals surface area contributed by atoms with Gasteiger partial charge >= 0.3 is 0 Å². The van der Waals surface area contributed by atoms with Crippen molar-refractivity contribution in [2.24, 2.45) is 10.9 Å². The van der Waals surface area contributed by atoms with Crippen LogP contribution < -0.4 is 10.6 Å². The highest BCUT2D eigenvalue weighted by Gasteiger charge is 2.20. The Morgan fingerprint density at radius 1 is 1.33 bits per heavy atom. The summed E-state index contributed by atoms with van der Waals surface area (Å²) in [6.07, 6.45) is 2.37. The number of nitrogens with zero attached hydrogens (tertiary/aromatic N) is 3. The minimum Gasteiger partial charge on any atom is -0.357 e. The molecule has 1 aromatic heterocycles. The zero-order valence-corrected chi connectivity index (χ0v) is 21.9. The Balaban J connectivity index is 0.00000320. The molecule has 1 aromatic carbocycles. The van der Waals surface area contributed by atoms with Gasteiger partial charge in [-0.1, -0.05) is 29.8 Å². The number of thiazole rings is 1. The standard InChI is InChI=1S/C22H32ClN5S.HI/c1-4-24-22(26-16(2)20-7-5-6-8-21(20)23)25-13-18-9-11-28(12-10-18)14-19-15-29-17(3)27-19;/h5-8,15-16,18H,4,9-14H2,1-3H3,(H2,24,25,26);1H. The van der Waals surface area contributed by atoms with E-state index < -0.39 is 0 Å². The minimum atomic E-state index is 0. The maximum Gasteiger partial charge on any atom is 0.191 e. The van der Waals surface area contributed by atoms with Gasteiger partial charge in [0, 0.05) is 30.0 Å². The van der Waals surface area contributed by atoms with Gasteiger partial charge < -0.3 is 10.6 Å². The number of aryl methyl sites for hydroxylation is 1. The first kappa shape index (κ1) is 25.4. The Bertz CT molecular complexity index is 804. The van der Waals surface area contributed by atoms with Crippen LogP contribution in [0.25, 0.3) is 0 Å². The van der Waals surface area contributed by atoms with E-state index >= 15 is 0 Å². The molecule has 1 aliphatic heterocycles. The molecule has 0 aliphatic carbocycles. The fourth-order valence-corrected chi connectivity index (χ4v) is 4.59. The molecule has 1 atom stereocenters. The molecule has 1 fully saturated rings. The number of benzene rings is 1. The minimum absolute atomic E-state index is 0. The summed E-state index contributed by atoms with van der Waals surface area (Å²) in [5, 5.41) is 11.0. The van der Waals surface area contributed by atoms with Gasteiger partial charge in [0.05, 0.1) is 16.7 Å². The SMILES string of the molecule is CCNC(=NCC1CCN(Cc2csc(C)n2)CC1)NC(C)c1ccccc1Cl.I. The highest BCUT2D eigenvalue weighted by atomic mass is 127.